The van der Waals surface area contributed by atoms with Gasteiger partial charge in [-0.15, -0.1) is 12.4 Å². The molecule has 5 nitrogen and oxygen atoms in total. The van der Waals surface area contributed by atoms with Crippen LogP contribution in [0.1, 0.15) is 19.8 Å². The summed E-state index contributed by atoms with van der Waals surface area (Å²) in [5.74, 6) is 1.18. The Morgan fingerprint density at radius 1 is 1.42 bits per heavy atom. The van der Waals surface area contributed by atoms with Crippen molar-refractivity contribution in [1.82, 2.24) is 15.3 Å². The Bertz CT molecular complexity index is 389. The summed E-state index contributed by atoms with van der Waals surface area (Å²) in [4.78, 5) is 8.62. The fourth-order valence-corrected chi connectivity index (χ4v) is 2.21. The van der Waals surface area contributed by atoms with Gasteiger partial charge in [-0.1, -0.05) is 11.8 Å². The molecule has 1 aromatic heterocycles. The Morgan fingerprint density at radius 3 is 2.84 bits per heavy atom. The van der Waals surface area contributed by atoms with Gasteiger partial charge in [0.05, 0.1) is 12.7 Å². The maximum absolute atomic E-state index is 5.88. The zero-order valence-electron chi connectivity index (χ0n) is 11.2. The van der Waals surface area contributed by atoms with Crippen LogP contribution in [0.5, 0.6) is 11.8 Å². The van der Waals surface area contributed by atoms with Gasteiger partial charge in [0.25, 0.3) is 0 Å². The zero-order valence-corrected chi connectivity index (χ0v) is 12.9. The van der Waals surface area contributed by atoms with E-state index in [1.54, 1.807) is 6.07 Å². The van der Waals surface area contributed by atoms with Gasteiger partial charge in [0.15, 0.2) is 5.16 Å². The molecule has 0 radical (unpaired) electrons. The molecule has 0 aliphatic carbocycles. The number of ether oxygens (including phenoxy) is 2. The van der Waals surface area contributed by atoms with Crippen LogP contribution < -0.4 is 14.8 Å². The van der Waals surface area contributed by atoms with E-state index in [4.69, 9.17) is 9.47 Å². The first-order chi connectivity index (χ1) is 8.81. The summed E-state index contributed by atoms with van der Waals surface area (Å²) >= 11 is 1.49. The average Bonchev–Trinajstić information content (AvgIpc) is 2.40. The van der Waals surface area contributed by atoms with E-state index < -0.39 is 0 Å². The third-order valence-electron chi connectivity index (χ3n) is 2.67. The highest BCUT2D eigenvalue weighted by Crippen LogP contribution is 2.22. The number of nitrogens with one attached hydrogen (secondary N) is 1. The van der Waals surface area contributed by atoms with Crippen molar-refractivity contribution in [1.29, 1.82) is 0 Å². The molecule has 1 aromatic rings. The van der Waals surface area contributed by atoms with Gasteiger partial charge in [0.2, 0.25) is 11.8 Å². The standard InChI is InChI=1S/C12H19N3O2S.ClH/c1-3-16-10-7-11(15-12(14-10)18-2)17-9-5-4-6-13-8-9;/h7,9,13H,3-6,8H2,1-2H3;1H. The fraction of sp³-hybridized carbons (Fsp3) is 0.667. The number of hydrogen-bond donors (Lipinski definition) is 1. The minimum atomic E-state index is 0. The minimum absolute atomic E-state index is 0. The second-order valence-corrected chi connectivity index (χ2v) is 4.82. The molecule has 0 spiro atoms. The predicted molar refractivity (Wildman–Crippen MR) is 78.7 cm³/mol. The summed E-state index contributed by atoms with van der Waals surface area (Å²) < 4.78 is 11.3. The molecule has 2 rings (SSSR count). The summed E-state index contributed by atoms with van der Waals surface area (Å²) in [7, 11) is 0. The number of aromatic nitrogens is 2. The van der Waals surface area contributed by atoms with Crippen LogP contribution in [0.15, 0.2) is 11.2 Å². The molecule has 1 N–H and O–H groups in total. The van der Waals surface area contributed by atoms with Gasteiger partial charge in [0.1, 0.15) is 6.10 Å². The van der Waals surface area contributed by atoms with E-state index in [9.17, 15) is 0 Å². The molecule has 0 aromatic carbocycles. The quantitative estimate of drug-likeness (QED) is 0.664. The van der Waals surface area contributed by atoms with Crippen LogP contribution in [-0.2, 0) is 0 Å². The first-order valence-electron chi connectivity index (χ1n) is 6.25. The lowest BCUT2D eigenvalue weighted by atomic mass is 10.1. The molecule has 1 unspecified atom stereocenters. The van der Waals surface area contributed by atoms with Crippen LogP contribution in [0.3, 0.4) is 0 Å². The molecular formula is C12H20ClN3O2S. The van der Waals surface area contributed by atoms with Crippen LogP contribution in [0.4, 0.5) is 0 Å². The lowest BCUT2D eigenvalue weighted by Gasteiger charge is -2.23. The molecule has 0 saturated carbocycles. The SMILES string of the molecule is CCOc1cc(OC2CCCNC2)nc(SC)n1.Cl. The van der Waals surface area contributed by atoms with Gasteiger partial charge in [-0.05, 0) is 32.6 Å². The molecule has 108 valence electrons. The molecule has 1 saturated heterocycles. The lowest BCUT2D eigenvalue weighted by molar-refractivity contribution is 0.158. The average molecular weight is 306 g/mol. The van der Waals surface area contributed by atoms with Crippen molar-refractivity contribution < 1.29 is 9.47 Å². The van der Waals surface area contributed by atoms with E-state index in [2.05, 4.69) is 15.3 Å². The summed E-state index contributed by atoms with van der Waals surface area (Å²) in [6.45, 7) is 4.48. The number of piperidine rings is 1. The maximum atomic E-state index is 5.88. The van der Waals surface area contributed by atoms with Crippen LogP contribution in [-0.4, -0.2) is 42.0 Å². The van der Waals surface area contributed by atoms with Crippen molar-refractivity contribution in [2.75, 3.05) is 26.0 Å². The first-order valence-corrected chi connectivity index (χ1v) is 7.47. The summed E-state index contributed by atoms with van der Waals surface area (Å²) in [5.41, 5.74) is 0. The Balaban J connectivity index is 0.00000180. The predicted octanol–water partition coefficient (Wildman–Crippen LogP) is 2.15. The molecule has 0 bridgehead atoms. The Labute approximate surface area is 124 Å². The second kappa shape index (κ2) is 8.45. The van der Waals surface area contributed by atoms with E-state index in [1.807, 2.05) is 13.2 Å². The van der Waals surface area contributed by atoms with Crippen molar-refractivity contribution in [2.45, 2.75) is 31.0 Å². The highest BCUT2D eigenvalue weighted by molar-refractivity contribution is 7.98. The van der Waals surface area contributed by atoms with Crippen LogP contribution >= 0.6 is 24.2 Å². The van der Waals surface area contributed by atoms with Crippen LogP contribution in [0, 0.1) is 0 Å². The molecule has 2 heterocycles. The number of rotatable bonds is 5. The Hall–Kier alpha value is -0.720. The van der Waals surface area contributed by atoms with Gasteiger partial charge in [0, 0.05) is 6.54 Å². The van der Waals surface area contributed by atoms with E-state index >= 15 is 0 Å². The van der Waals surface area contributed by atoms with Gasteiger partial charge in [-0.3, -0.25) is 0 Å². The van der Waals surface area contributed by atoms with Crippen molar-refractivity contribution in [3.8, 4) is 11.8 Å². The molecule has 19 heavy (non-hydrogen) atoms. The number of nitrogens with zero attached hydrogens (tertiary/aromatic N) is 2. The molecule has 0 amide bonds. The first kappa shape index (κ1) is 16.3. The summed E-state index contributed by atoms with van der Waals surface area (Å²) in [6.07, 6.45) is 4.34. The third-order valence-corrected chi connectivity index (χ3v) is 3.22. The highest BCUT2D eigenvalue weighted by atomic mass is 35.5. The fourth-order valence-electron chi connectivity index (χ4n) is 1.85. The van der Waals surface area contributed by atoms with Gasteiger partial charge in [-0.25, -0.2) is 0 Å². The Kier molecular flexibility index (Phi) is 7.27. The van der Waals surface area contributed by atoms with Gasteiger partial charge >= 0.3 is 0 Å². The maximum Gasteiger partial charge on any atom is 0.221 e. The normalized spacial score (nSPS) is 18.5. The number of halogens is 1. The minimum Gasteiger partial charge on any atom is -0.478 e. The topological polar surface area (TPSA) is 56.3 Å². The summed E-state index contributed by atoms with van der Waals surface area (Å²) in [5, 5.41) is 4.00. The highest BCUT2D eigenvalue weighted by Gasteiger charge is 2.16. The van der Waals surface area contributed by atoms with E-state index in [-0.39, 0.29) is 18.5 Å². The lowest BCUT2D eigenvalue weighted by Crippen LogP contribution is -2.37. The van der Waals surface area contributed by atoms with Crippen LogP contribution in [0.25, 0.3) is 0 Å². The molecule has 7 heteroatoms. The molecule has 1 aliphatic heterocycles. The van der Waals surface area contributed by atoms with Crippen molar-refractivity contribution in [3.05, 3.63) is 6.07 Å². The van der Waals surface area contributed by atoms with E-state index in [1.165, 1.54) is 11.8 Å². The van der Waals surface area contributed by atoms with Gasteiger partial charge in [-0.2, -0.15) is 9.97 Å². The summed E-state index contributed by atoms with van der Waals surface area (Å²) in [6, 6.07) is 1.76. The Morgan fingerprint density at radius 2 is 2.21 bits per heavy atom. The van der Waals surface area contributed by atoms with Gasteiger partial charge < -0.3 is 14.8 Å². The molecular weight excluding hydrogens is 286 g/mol. The smallest absolute Gasteiger partial charge is 0.221 e. The third kappa shape index (κ3) is 5.04. The molecule has 1 atom stereocenters. The molecule has 1 fully saturated rings. The number of hydrogen-bond acceptors (Lipinski definition) is 6. The molecule has 1 aliphatic rings. The van der Waals surface area contributed by atoms with E-state index in [0.717, 1.165) is 25.9 Å². The number of thioether (sulfide) groups is 1. The second-order valence-electron chi connectivity index (χ2n) is 4.05. The van der Waals surface area contributed by atoms with Crippen molar-refractivity contribution in [2.24, 2.45) is 0 Å². The van der Waals surface area contributed by atoms with Crippen molar-refractivity contribution in [3.63, 3.8) is 0 Å². The zero-order chi connectivity index (χ0) is 12.8. The largest absolute Gasteiger partial charge is 0.478 e. The van der Waals surface area contributed by atoms with Crippen LogP contribution in [0.2, 0.25) is 0 Å². The van der Waals surface area contributed by atoms with E-state index in [0.29, 0.717) is 23.5 Å². The monoisotopic (exact) mass is 305 g/mol. The van der Waals surface area contributed by atoms with Crippen molar-refractivity contribution >= 4 is 24.2 Å².